The number of benzene rings is 7. The van der Waals surface area contributed by atoms with Gasteiger partial charge in [-0.2, -0.15) is 0 Å². The maximum atomic E-state index is 7.07. The highest BCUT2D eigenvalue weighted by Crippen LogP contribution is 2.50. The molecule has 0 saturated carbocycles. The van der Waals surface area contributed by atoms with E-state index < -0.39 is 0 Å². The third-order valence-electron chi connectivity index (χ3n) is 15.1. The van der Waals surface area contributed by atoms with Gasteiger partial charge in [-0.1, -0.05) is 150 Å². The lowest BCUT2D eigenvalue weighted by atomic mass is 9.57. The second kappa shape index (κ2) is 13.4. The van der Waals surface area contributed by atoms with E-state index in [4.69, 9.17) is 4.42 Å². The summed E-state index contributed by atoms with van der Waals surface area (Å²) in [5.74, 6) is 0. The number of rotatable bonds is 3. The van der Waals surface area contributed by atoms with Crippen molar-refractivity contribution in [2.75, 3.05) is 5.32 Å². The molecule has 9 aromatic rings. The number of hydrogen-bond donors (Lipinski definition) is 1. The molecule has 1 aliphatic heterocycles. The van der Waals surface area contributed by atoms with Crippen LogP contribution in [0.1, 0.15) is 131 Å². The fourth-order valence-electron chi connectivity index (χ4n) is 11.0. The molecule has 0 spiro atoms. The summed E-state index contributed by atoms with van der Waals surface area (Å²) >= 11 is 0. The third-order valence-corrected chi connectivity index (χ3v) is 15.1. The van der Waals surface area contributed by atoms with Gasteiger partial charge in [0.15, 0.2) is 7.28 Å². The lowest BCUT2D eigenvalue weighted by Crippen LogP contribution is -2.38. The maximum absolute atomic E-state index is 7.07. The van der Waals surface area contributed by atoms with Crippen molar-refractivity contribution in [3.05, 3.63) is 137 Å². The Bertz CT molecular complexity index is 3420. The fourth-order valence-corrected chi connectivity index (χ4v) is 11.0. The minimum absolute atomic E-state index is 0.000648. The van der Waals surface area contributed by atoms with Gasteiger partial charge in [0.25, 0.3) is 0 Å². The number of fused-ring (bicyclic) bond motifs is 11. The molecule has 1 radical (unpaired) electrons. The van der Waals surface area contributed by atoms with Gasteiger partial charge in [0.1, 0.15) is 11.2 Å². The minimum atomic E-state index is 0.000648. The third kappa shape index (κ3) is 6.22. The van der Waals surface area contributed by atoms with Crippen molar-refractivity contribution in [2.45, 2.75) is 130 Å². The summed E-state index contributed by atoms with van der Waals surface area (Å²) < 4.78 is 9.64. The lowest BCUT2D eigenvalue weighted by Gasteiger charge is -2.41. The Balaban J connectivity index is 1.26. The average Bonchev–Trinajstić information content (AvgIpc) is 3.76. The average molecular weight is 838 g/mol. The molecule has 0 amide bonds. The molecule has 3 nitrogen and oxygen atoms in total. The minimum Gasteiger partial charge on any atom is -0.456 e. The number of nitrogens with zero attached hydrogens (tertiary/aromatic N) is 1. The molecule has 0 bridgehead atoms. The van der Waals surface area contributed by atoms with Crippen LogP contribution in [-0.4, -0.2) is 11.8 Å². The first kappa shape index (κ1) is 41.0. The van der Waals surface area contributed by atoms with Crippen molar-refractivity contribution in [1.82, 2.24) is 4.57 Å². The highest BCUT2D eigenvalue weighted by atomic mass is 16.3. The highest BCUT2D eigenvalue weighted by molar-refractivity contribution is 6.74. The Kier molecular flexibility index (Phi) is 8.59. The van der Waals surface area contributed by atoms with Gasteiger partial charge in [-0.25, -0.2) is 0 Å². The zero-order chi connectivity index (χ0) is 45.0. The monoisotopic (exact) mass is 837 g/mol. The number of nitrogens with one attached hydrogen (secondary N) is 1. The van der Waals surface area contributed by atoms with E-state index in [9.17, 15) is 0 Å². The molecule has 7 aromatic carbocycles. The zero-order valence-corrected chi connectivity index (χ0v) is 40.2. The van der Waals surface area contributed by atoms with Gasteiger partial charge in [-0.3, -0.25) is 0 Å². The maximum Gasteiger partial charge on any atom is 0.197 e. The van der Waals surface area contributed by atoms with Gasteiger partial charge in [-0.15, -0.1) is 0 Å². The molecule has 0 atom stereocenters. The van der Waals surface area contributed by atoms with Gasteiger partial charge < -0.3 is 14.3 Å². The van der Waals surface area contributed by atoms with E-state index in [0.717, 1.165) is 39.9 Å². The molecule has 4 heteroatoms. The summed E-state index contributed by atoms with van der Waals surface area (Å²) in [6.45, 7) is 30.4. The van der Waals surface area contributed by atoms with Crippen molar-refractivity contribution >= 4 is 84.1 Å². The first-order valence-electron chi connectivity index (χ1n) is 23.5. The van der Waals surface area contributed by atoms with Crippen LogP contribution in [0.3, 0.4) is 0 Å². The van der Waals surface area contributed by atoms with Crippen LogP contribution < -0.4 is 16.2 Å². The van der Waals surface area contributed by atoms with E-state index in [0.29, 0.717) is 0 Å². The standard InChI is InChI=1S/C60H62BN2O/c1-56(2,3)34-18-22-37(23-19-34)62-47-31-41-40-30-44-45(60(12,13)27-26-59(44,10)11)33-51(40)64-50(41)32-42(47)52-38-16-14-15-17-39(38)53-43-28-35(57(4,5)6)20-24-48(43)63-49-25-21-36(58(7,8)9)29-46(49)61-54(52)55(53)63/h14-25,28-33,62H,26-27H2,1-13H3. The summed E-state index contributed by atoms with van der Waals surface area (Å²) in [5, 5.41) is 11.4. The Morgan fingerprint density at radius 3 is 1.81 bits per heavy atom. The Morgan fingerprint density at radius 1 is 0.562 bits per heavy atom. The van der Waals surface area contributed by atoms with Crippen LogP contribution in [0.4, 0.5) is 11.4 Å². The SMILES string of the molecule is CC(C)(C)c1ccc(Nc2cc3c(cc2-c2c4c5c(c6ccccc26)c2cc(C(C)(C)C)ccc2n5-c2ccc(C(C)(C)C)cc2[B]4)oc2cc4c(cc23)C(C)(C)CCC4(C)C)cc1. The molecular weight excluding hydrogens is 775 g/mol. The van der Waals surface area contributed by atoms with Crippen molar-refractivity contribution in [3.8, 4) is 16.8 Å². The molecule has 1 N–H and O–H groups in total. The Morgan fingerprint density at radius 2 is 1.14 bits per heavy atom. The van der Waals surface area contributed by atoms with E-state index in [1.807, 2.05) is 0 Å². The van der Waals surface area contributed by atoms with E-state index >= 15 is 0 Å². The van der Waals surface area contributed by atoms with E-state index in [1.165, 1.54) is 94.4 Å². The summed E-state index contributed by atoms with van der Waals surface area (Å²) in [6.07, 6.45) is 2.33. The molecular formula is C60H62BN2O. The zero-order valence-electron chi connectivity index (χ0n) is 40.2. The molecule has 2 aromatic heterocycles. The van der Waals surface area contributed by atoms with Crippen LogP contribution in [0.15, 0.2) is 114 Å². The number of furan rings is 1. The van der Waals surface area contributed by atoms with Crippen LogP contribution in [0, 0.1) is 0 Å². The summed E-state index contributed by atoms with van der Waals surface area (Å²) in [4.78, 5) is 0. The molecule has 1 aliphatic carbocycles. The largest absolute Gasteiger partial charge is 0.456 e. The van der Waals surface area contributed by atoms with Crippen molar-refractivity contribution in [2.24, 2.45) is 0 Å². The van der Waals surface area contributed by atoms with Gasteiger partial charge in [0.2, 0.25) is 0 Å². The molecule has 64 heavy (non-hydrogen) atoms. The predicted octanol–water partition coefficient (Wildman–Crippen LogP) is 15.5. The predicted molar refractivity (Wildman–Crippen MR) is 277 cm³/mol. The van der Waals surface area contributed by atoms with Crippen LogP contribution in [-0.2, 0) is 27.1 Å². The van der Waals surface area contributed by atoms with Gasteiger partial charge in [0.05, 0.1) is 5.52 Å². The van der Waals surface area contributed by atoms with Gasteiger partial charge >= 0.3 is 0 Å². The number of hydrogen-bond acceptors (Lipinski definition) is 2. The Labute approximate surface area is 380 Å². The summed E-state index contributed by atoms with van der Waals surface area (Å²) in [7, 11) is 2.49. The molecule has 0 fully saturated rings. The first-order chi connectivity index (χ1) is 30.1. The second-order valence-electron chi connectivity index (χ2n) is 23.7. The van der Waals surface area contributed by atoms with Crippen molar-refractivity contribution in [3.63, 3.8) is 0 Å². The summed E-state index contributed by atoms with van der Waals surface area (Å²) in [5.41, 5.74) is 19.6. The van der Waals surface area contributed by atoms with Crippen LogP contribution >= 0.6 is 0 Å². The van der Waals surface area contributed by atoms with E-state index in [2.05, 4.69) is 216 Å². The van der Waals surface area contributed by atoms with E-state index in [1.54, 1.807) is 0 Å². The molecule has 2 aliphatic rings. The van der Waals surface area contributed by atoms with Crippen LogP contribution in [0.2, 0.25) is 0 Å². The fraction of sp³-hybridized carbons (Fsp3) is 0.333. The van der Waals surface area contributed by atoms with Crippen molar-refractivity contribution in [1.29, 1.82) is 0 Å². The van der Waals surface area contributed by atoms with Crippen molar-refractivity contribution < 1.29 is 4.42 Å². The smallest absolute Gasteiger partial charge is 0.197 e. The van der Waals surface area contributed by atoms with E-state index in [-0.39, 0.29) is 27.1 Å². The molecule has 321 valence electrons. The molecule has 0 unspecified atom stereocenters. The van der Waals surface area contributed by atoms with Gasteiger partial charge in [-0.05, 0) is 144 Å². The highest BCUT2D eigenvalue weighted by Gasteiger charge is 2.38. The molecule has 0 saturated heterocycles. The summed E-state index contributed by atoms with van der Waals surface area (Å²) in [6, 6.07) is 42.0. The van der Waals surface area contributed by atoms with Crippen LogP contribution in [0.25, 0.3) is 71.3 Å². The van der Waals surface area contributed by atoms with Gasteiger partial charge in [0, 0.05) is 49.7 Å². The Hall–Kier alpha value is -5.74. The number of aromatic nitrogens is 1. The second-order valence-corrected chi connectivity index (χ2v) is 23.7. The quantitative estimate of drug-likeness (QED) is 0.180. The molecule has 11 rings (SSSR count). The lowest BCUT2D eigenvalue weighted by molar-refractivity contribution is 0.332. The first-order valence-corrected chi connectivity index (χ1v) is 23.5. The molecule has 3 heterocycles. The number of anilines is 2. The normalized spacial score (nSPS) is 15.8. The van der Waals surface area contributed by atoms with Crippen LogP contribution in [0.5, 0.6) is 0 Å². The topological polar surface area (TPSA) is 30.1 Å².